The molecule has 9 nitrogen and oxygen atoms in total. The molecule has 1 atom stereocenters. The average molecular weight is 427 g/mol. The maximum absolute atomic E-state index is 15.0. The Labute approximate surface area is 177 Å². The lowest BCUT2D eigenvalue weighted by atomic mass is 10.1. The lowest BCUT2D eigenvalue weighted by Gasteiger charge is -2.31. The van der Waals surface area contributed by atoms with Gasteiger partial charge in [-0.2, -0.15) is 0 Å². The molecule has 4 rings (SSSR count). The van der Waals surface area contributed by atoms with Gasteiger partial charge in [0.15, 0.2) is 5.82 Å². The fourth-order valence-corrected chi connectivity index (χ4v) is 3.69. The number of imidazole rings is 1. The van der Waals surface area contributed by atoms with Crippen molar-refractivity contribution >= 4 is 17.6 Å². The summed E-state index contributed by atoms with van der Waals surface area (Å²) in [6.07, 6.45) is 2.06. The Kier molecular flexibility index (Phi) is 5.55. The summed E-state index contributed by atoms with van der Waals surface area (Å²) in [5, 5.41) is 11.7. The highest BCUT2D eigenvalue weighted by atomic mass is 19.1. The standard InChI is InChI=1S/C21H22FN5O4/c1-12-3-4-27-16(9-14-11-26(21(29)30)5-6-31-14)19(25-17(27)7-12)18-15(22)8-13(10-24-18)20(28)23-2/h3-4,7-8,10,14H,5-6,9,11H2,1-2H3,(H,23,28)(H,29,30). The Morgan fingerprint density at radius 1 is 1.35 bits per heavy atom. The minimum Gasteiger partial charge on any atom is -0.465 e. The third kappa shape index (κ3) is 4.06. The monoisotopic (exact) mass is 427 g/mol. The first kappa shape index (κ1) is 20.7. The summed E-state index contributed by atoms with van der Waals surface area (Å²) < 4.78 is 22.6. The van der Waals surface area contributed by atoms with E-state index in [4.69, 9.17) is 4.74 Å². The molecular formula is C21H22FN5O4. The molecule has 3 aromatic rings. The number of hydrogen-bond acceptors (Lipinski definition) is 5. The number of hydrogen-bond donors (Lipinski definition) is 2. The topological polar surface area (TPSA) is 109 Å². The number of ether oxygens (including phenoxy) is 1. The molecule has 1 fully saturated rings. The molecule has 1 saturated heterocycles. The third-order valence-electron chi connectivity index (χ3n) is 5.27. The van der Waals surface area contributed by atoms with E-state index in [0.717, 1.165) is 11.6 Å². The zero-order valence-electron chi connectivity index (χ0n) is 17.1. The molecule has 0 saturated carbocycles. The van der Waals surface area contributed by atoms with Crippen LogP contribution < -0.4 is 5.32 Å². The van der Waals surface area contributed by atoms with Crippen LogP contribution in [0.2, 0.25) is 0 Å². The highest BCUT2D eigenvalue weighted by Crippen LogP contribution is 2.28. The lowest BCUT2D eigenvalue weighted by Crippen LogP contribution is -2.45. The molecular weight excluding hydrogens is 405 g/mol. The zero-order valence-corrected chi connectivity index (χ0v) is 17.1. The van der Waals surface area contributed by atoms with Gasteiger partial charge in [0.1, 0.15) is 17.0 Å². The van der Waals surface area contributed by atoms with E-state index in [2.05, 4.69) is 15.3 Å². The number of carboxylic acid groups (broad SMARTS) is 1. The molecule has 0 spiro atoms. The molecule has 0 radical (unpaired) electrons. The number of halogens is 1. The van der Waals surface area contributed by atoms with Crippen molar-refractivity contribution in [3.8, 4) is 11.4 Å². The number of pyridine rings is 2. The van der Waals surface area contributed by atoms with Crippen molar-refractivity contribution in [3.05, 3.63) is 53.2 Å². The van der Waals surface area contributed by atoms with Crippen LogP contribution in [-0.4, -0.2) is 69.2 Å². The zero-order chi connectivity index (χ0) is 22.1. The van der Waals surface area contributed by atoms with Crippen molar-refractivity contribution in [2.45, 2.75) is 19.4 Å². The van der Waals surface area contributed by atoms with Crippen LogP contribution in [0, 0.1) is 12.7 Å². The van der Waals surface area contributed by atoms with Crippen molar-refractivity contribution in [2.24, 2.45) is 0 Å². The molecule has 4 heterocycles. The maximum atomic E-state index is 15.0. The maximum Gasteiger partial charge on any atom is 0.407 e. The summed E-state index contributed by atoms with van der Waals surface area (Å²) >= 11 is 0. The Morgan fingerprint density at radius 2 is 2.16 bits per heavy atom. The van der Waals surface area contributed by atoms with E-state index in [9.17, 15) is 19.1 Å². The van der Waals surface area contributed by atoms with Gasteiger partial charge >= 0.3 is 6.09 Å². The predicted octanol–water partition coefficient (Wildman–Crippen LogP) is 2.12. The molecule has 1 aliphatic heterocycles. The second kappa shape index (κ2) is 8.31. The lowest BCUT2D eigenvalue weighted by molar-refractivity contribution is -0.0214. The average Bonchev–Trinajstić information content (AvgIpc) is 3.10. The van der Waals surface area contributed by atoms with Gasteiger partial charge in [-0.15, -0.1) is 0 Å². The van der Waals surface area contributed by atoms with E-state index in [0.29, 0.717) is 30.0 Å². The number of morpholine rings is 1. The molecule has 2 N–H and O–H groups in total. The van der Waals surface area contributed by atoms with Crippen LogP contribution in [0.3, 0.4) is 0 Å². The summed E-state index contributed by atoms with van der Waals surface area (Å²) in [6, 6.07) is 4.91. The Balaban J connectivity index is 1.77. The fourth-order valence-electron chi connectivity index (χ4n) is 3.69. The molecule has 0 aromatic carbocycles. The van der Waals surface area contributed by atoms with Crippen LogP contribution in [0.15, 0.2) is 30.6 Å². The Morgan fingerprint density at radius 3 is 2.87 bits per heavy atom. The number of nitrogens with zero attached hydrogens (tertiary/aromatic N) is 4. The van der Waals surface area contributed by atoms with E-state index in [1.54, 1.807) is 0 Å². The summed E-state index contributed by atoms with van der Waals surface area (Å²) in [6.45, 7) is 2.73. The van der Waals surface area contributed by atoms with E-state index >= 15 is 0 Å². The molecule has 0 bridgehead atoms. The largest absolute Gasteiger partial charge is 0.465 e. The number of fused-ring (bicyclic) bond motifs is 1. The second-order valence-electron chi connectivity index (χ2n) is 7.40. The predicted molar refractivity (Wildman–Crippen MR) is 110 cm³/mol. The van der Waals surface area contributed by atoms with Crippen molar-refractivity contribution < 1.29 is 23.8 Å². The highest BCUT2D eigenvalue weighted by Gasteiger charge is 2.28. The molecule has 1 aliphatic rings. The first-order valence-corrected chi connectivity index (χ1v) is 9.82. The SMILES string of the molecule is CNC(=O)c1cnc(-c2nc3cc(C)ccn3c2CC2CN(C(=O)O)CCO2)c(F)c1. The minimum atomic E-state index is -1.00. The smallest absolute Gasteiger partial charge is 0.407 e. The minimum absolute atomic E-state index is 0.0231. The first-order valence-electron chi connectivity index (χ1n) is 9.82. The van der Waals surface area contributed by atoms with E-state index in [1.807, 2.05) is 29.7 Å². The van der Waals surface area contributed by atoms with E-state index in [1.165, 1.54) is 18.1 Å². The van der Waals surface area contributed by atoms with Gasteiger partial charge in [0, 0.05) is 32.4 Å². The van der Waals surface area contributed by atoms with Gasteiger partial charge in [0.25, 0.3) is 5.91 Å². The first-order chi connectivity index (χ1) is 14.9. The number of nitrogens with one attached hydrogen (secondary N) is 1. The number of carbonyl (C=O) groups excluding carboxylic acids is 1. The molecule has 162 valence electrons. The second-order valence-corrected chi connectivity index (χ2v) is 7.40. The quantitative estimate of drug-likeness (QED) is 0.660. The van der Waals surface area contributed by atoms with Crippen molar-refractivity contribution in [2.75, 3.05) is 26.7 Å². The third-order valence-corrected chi connectivity index (χ3v) is 5.27. The van der Waals surface area contributed by atoms with Gasteiger partial charge in [-0.05, 0) is 30.7 Å². The number of carbonyl (C=O) groups is 2. The van der Waals surface area contributed by atoms with Crippen molar-refractivity contribution in [3.63, 3.8) is 0 Å². The molecule has 10 heteroatoms. The van der Waals surface area contributed by atoms with Gasteiger partial charge in [-0.1, -0.05) is 0 Å². The normalized spacial score (nSPS) is 16.5. The molecule has 0 aliphatic carbocycles. The van der Waals surface area contributed by atoms with Gasteiger partial charge in [-0.3, -0.25) is 9.78 Å². The number of aromatic nitrogens is 3. The fraction of sp³-hybridized carbons (Fsp3) is 0.333. The van der Waals surface area contributed by atoms with Crippen LogP contribution in [0.1, 0.15) is 21.6 Å². The number of rotatable bonds is 4. The summed E-state index contributed by atoms with van der Waals surface area (Å²) in [4.78, 5) is 33.2. The summed E-state index contributed by atoms with van der Waals surface area (Å²) in [5.41, 5.74) is 2.74. The van der Waals surface area contributed by atoms with Gasteiger partial charge in [-0.25, -0.2) is 14.2 Å². The van der Waals surface area contributed by atoms with Crippen molar-refractivity contribution in [1.29, 1.82) is 0 Å². The van der Waals surface area contributed by atoms with Crippen LogP contribution in [-0.2, 0) is 11.2 Å². The van der Waals surface area contributed by atoms with Crippen LogP contribution >= 0.6 is 0 Å². The van der Waals surface area contributed by atoms with Crippen LogP contribution in [0.25, 0.3) is 17.0 Å². The van der Waals surface area contributed by atoms with Crippen molar-refractivity contribution in [1.82, 2.24) is 24.6 Å². The summed E-state index contributed by atoms with van der Waals surface area (Å²) in [5.74, 6) is -1.10. The van der Waals surface area contributed by atoms with E-state index < -0.39 is 23.9 Å². The van der Waals surface area contributed by atoms with Crippen LogP contribution in [0.5, 0.6) is 0 Å². The highest BCUT2D eigenvalue weighted by molar-refractivity contribution is 5.94. The van der Waals surface area contributed by atoms with Crippen LogP contribution in [0.4, 0.5) is 9.18 Å². The summed E-state index contributed by atoms with van der Waals surface area (Å²) in [7, 11) is 1.46. The van der Waals surface area contributed by atoms with Gasteiger partial charge < -0.3 is 24.5 Å². The molecule has 1 unspecified atom stereocenters. The molecule has 3 aromatic heterocycles. The number of amides is 2. The number of aryl methyl sites for hydroxylation is 1. The Hall–Kier alpha value is -3.53. The van der Waals surface area contributed by atoms with E-state index in [-0.39, 0.29) is 24.4 Å². The van der Waals surface area contributed by atoms with Gasteiger partial charge in [0.2, 0.25) is 0 Å². The van der Waals surface area contributed by atoms with Gasteiger partial charge in [0.05, 0.1) is 30.5 Å². The Bertz CT molecular complexity index is 1160. The molecule has 31 heavy (non-hydrogen) atoms. The molecule has 2 amide bonds.